The number of halogens is 1. The van der Waals surface area contributed by atoms with E-state index in [1.165, 1.54) is 17.4 Å². The number of nitrogens with zero attached hydrogens (tertiary/aromatic N) is 2. The van der Waals surface area contributed by atoms with Crippen LogP contribution in [0.3, 0.4) is 0 Å². The first-order chi connectivity index (χ1) is 13.7. The van der Waals surface area contributed by atoms with E-state index in [4.69, 9.17) is 0 Å². The zero-order valence-electron chi connectivity index (χ0n) is 16.6. The van der Waals surface area contributed by atoms with Crippen molar-refractivity contribution in [3.8, 4) is 0 Å². The molecule has 0 spiro atoms. The molecule has 2 aromatic carbocycles. The second-order valence-corrected chi connectivity index (χ2v) is 9.45. The first kappa shape index (κ1) is 21.3. The summed E-state index contributed by atoms with van der Waals surface area (Å²) < 4.78 is 38.5. The molecule has 0 radical (unpaired) electrons. The Balaban J connectivity index is 1.64. The minimum Gasteiger partial charge on any atom is -0.326 e. The van der Waals surface area contributed by atoms with Crippen LogP contribution in [0, 0.1) is 11.7 Å². The number of carbonyl (C=O) groups is 1. The summed E-state index contributed by atoms with van der Waals surface area (Å²) in [5.41, 5.74) is 1.66. The van der Waals surface area contributed by atoms with E-state index < -0.39 is 10.0 Å². The first-order valence-corrected chi connectivity index (χ1v) is 11.4. The molecule has 156 valence electrons. The number of carbonyl (C=O) groups excluding carboxylic acids is 1. The van der Waals surface area contributed by atoms with Crippen molar-refractivity contribution in [1.29, 1.82) is 0 Å². The third kappa shape index (κ3) is 5.55. The Bertz CT molecular complexity index is 981. The van der Waals surface area contributed by atoms with Crippen molar-refractivity contribution in [2.45, 2.75) is 19.4 Å². The Labute approximate surface area is 171 Å². The fraction of sp³-hybridized carbons (Fsp3) is 0.381. The first-order valence-electron chi connectivity index (χ1n) is 9.54. The number of nitrogens with one attached hydrogen (secondary N) is 1. The number of piperidine rings is 1. The van der Waals surface area contributed by atoms with Gasteiger partial charge in [-0.05, 0) is 43.7 Å². The zero-order valence-corrected chi connectivity index (χ0v) is 17.5. The van der Waals surface area contributed by atoms with Gasteiger partial charge in [-0.25, -0.2) is 12.8 Å². The number of hydrogen-bond donors (Lipinski definition) is 1. The molecule has 1 N–H and O–H groups in total. The van der Waals surface area contributed by atoms with Gasteiger partial charge in [0.15, 0.2) is 0 Å². The highest BCUT2D eigenvalue weighted by Gasteiger charge is 2.26. The van der Waals surface area contributed by atoms with Crippen LogP contribution in [0.2, 0.25) is 0 Å². The summed E-state index contributed by atoms with van der Waals surface area (Å²) in [6.45, 7) is 1.86. The molecule has 3 rings (SSSR count). The standard InChI is InChI=1S/C21H26FN3O3S/c1-24(29(2,27)28)19-10-5-9-18(13-19)23-21(26)17-8-6-12-25(15-17)14-16-7-3-4-11-20(16)22/h3-5,7,9-11,13,17H,6,8,12,14-15H2,1-2H3,(H,23,26). The molecule has 1 unspecified atom stereocenters. The molecule has 1 atom stereocenters. The van der Waals surface area contributed by atoms with Crippen molar-refractivity contribution in [2.75, 3.05) is 36.0 Å². The van der Waals surface area contributed by atoms with Crippen molar-refractivity contribution in [1.82, 2.24) is 4.90 Å². The predicted octanol–water partition coefficient (Wildman–Crippen LogP) is 3.07. The van der Waals surface area contributed by atoms with Gasteiger partial charge in [-0.2, -0.15) is 0 Å². The molecule has 29 heavy (non-hydrogen) atoms. The van der Waals surface area contributed by atoms with Gasteiger partial charge in [0.1, 0.15) is 5.82 Å². The third-order valence-corrected chi connectivity index (χ3v) is 6.41. The lowest BCUT2D eigenvalue weighted by Crippen LogP contribution is -2.40. The zero-order chi connectivity index (χ0) is 21.0. The number of likely N-dealkylation sites (tertiary alicyclic amines) is 1. The fourth-order valence-electron chi connectivity index (χ4n) is 3.50. The Hall–Kier alpha value is -2.45. The highest BCUT2D eigenvalue weighted by Crippen LogP contribution is 2.24. The molecule has 1 saturated heterocycles. The SMILES string of the molecule is CN(c1cccc(NC(=O)C2CCCN(Cc3ccccc3F)C2)c1)S(C)(=O)=O. The molecule has 0 saturated carbocycles. The molecule has 8 heteroatoms. The summed E-state index contributed by atoms with van der Waals surface area (Å²) in [6, 6.07) is 13.4. The Morgan fingerprint density at radius 1 is 1.24 bits per heavy atom. The third-order valence-electron chi connectivity index (χ3n) is 5.20. The van der Waals surface area contributed by atoms with E-state index in [9.17, 15) is 17.6 Å². The Morgan fingerprint density at radius 3 is 2.72 bits per heavy atom. The summed E-state index contributed by atoms with van der Waals surface area (Å²) in [4.78, 5) is 14.9. The fourth-order valence-corrected chi connectivity index (χ4v) is 3.99. The molecule has 1 heterocycles. The second kappa shape index (κ2) is 8.92. The largest absolute Gasteiger partial charge is 0.326 e. The molecule has 1 amide bonds. The molecule has 0 aliphatic carbocycles. The maximum Gasteiger partial charge on any atom is 0.231 e. The van der Waals surface area contributed by atoms with E-state index in [1.54, 1.807) is 36.4 Å². The number of benzene rings is 2. The van der Waals surface area contributed by atoms with Gasteiger partial charge >= 0.3 is 0 Å². The van der Waals surface area contributed by atoms with Crippen LogP contribution in [0.4, 0.5) is 15.8 Å². The molecule has 2 aromatic rings. The van der Waals surface area contributed by atoms with Crippen LogP contribution in [-0.4, -0.2) is 45.6 Å². The minimum absolute atomic E-state index is 0.109. The van der Waals surface area contributed by atoms with Crippen LogP contribution >= 0.6 is 0 Å². The van der Waals surface area contributed by atoms with Gasteiger partial charge < -0.3 is 5.32 Å². The topological polar surface area (TPSA) is 69.7 Å². The smallest absolute Gasteiger partial charge is 0.231 e. The van der Waals surface area contributed by atoms with E-state index in [1.807, 2.05) is 6.07 Å². The number of sulfonamides is 1. The summed E-state index contributed by atoms with van der Waals surface area (Å²) in [5, 5.41) is 2.89. The van der Waals surface area contributed by atoms with Gasteiger partial charge in [0.05, 0.1) is 17.9 Å². The summed E-state index contributed by atoms with van der Waals surface area (Å²) in [5.74, 6) is -0.542. The van der Waals surface area contributed by atoms with Crippen molar-refractivity contribution in [3.63, 3.8) is 0 Å². The van der Waals surface area contributed by atoms with Crippen LogP contribution in [-0.2, 0) is 21.4 Å². The van der Waals surface area contributed by atoms with E-state index >= 15 is 0 Å². The molecule has 1 aliphatic rings. The summed E-state index contributed by atoms with van der Waals surface area (Å²) >= 11 is 0. The highest BCUT2D eigenvalue weighted by atomic mass is 32.2. The van der Waals surface area contributed by atoms with E-state index in [0.717, 1.165) is 25.6 Å². The van der Waals surface area contributed by atoms with Gasteiger partial charge in [-0.1, -0.05) is 24.3 Å². The lowest BCUT2D eigenvalue weighted by atomic mass is 9.96. The lowest BCUT2D eigenvalue weighted by molar-refractivity contribution is -0.121. The molecule has 0 aromatic heterocycles. The second-order valence-electron chi connectivity index (χ2n) is 7.44. The maximum absolute atomic E-state index is 13.9. The average Bonchev–Trinajstić information content (AvgIpc) is 2.69. The van der Waals surface area contributed by atoms with Gasteiger partial charge in [0, 0.05) is 31.4 Å². The van der Waals surface area contributed by atoms with Crippen molar-refractivity contribution in [3.05, 3.63) is 59.9 Å². The van der Waals surface area contributed by atoms with Crippen molar-refractivity contribution in [2.24, 2.45) is 5.92 Å². The Kier molecular flexibility index (Phi) is 6.54. The minimum atomic E-state index is -3.38. The van der Waals surface area contributed by atoms with Crippen molar-refractivity contribution < 1.29 is 17.6 Å². The van der Waals surface area contributed by atoms with Gasteiger partial charge in [-0.3, -0.25) is 14.0 Å². The van der Waals surface area contributed by atoms with E-state index in [-0.39, 0.29) is 17.6 Å². The molecule has 1 fully saturated rings. The van der Waals surface area contributed by atoms with Gasteiger partial charge in [0.25, 0.3) is 0 Å². The highest BCUT2D eigenvalue weighted by molar-refractivity contribution is 7.92. The van der Waals surface area contributed by atoms with Gasteiger partial charge in [-0.15, -0.1) is 0 Å². The van der Waals surface area contributed by atoms with Crippen LogP contribution in [0.15, 0.2) is 48.5 Å². The molecular weight excluding hydrogens is 393 g/mol. The van der Waals surface area contributed by atoms with Crippen LogP contribution in [0.5, 0.6) is 0 Å². The van der Waals surface area contributed by atoms with Gasteiger partial charge in [0.2, 0.25) is 15.9 Å². The molecule has 1 aliphatic heterocycles. The number of amides is 1. The van der Waals surface area contributed by atoms with E-state index in [0.29, 0.717) is 30.0 Å². The predicted molar refractivity (Wildman–Crippen MR) is 113 cm³/mol. The molecular formula is C21H26FN3O3S. The average molecular weight is 420 g/mol. The molecule has 6 nitrogen and oxygen atoms in total. The number of rotatable bonds is 6. The number of hydrogen-bond acceptors (Lipinski definition) is 4. The Morgan fingerprint density at radius 2 is 2.00 bits per heavy atom. The van der Waals surface area contributed by atoms with Crippen LogP contribution in [0.1, 0.15) is 18.4 Å². The summed E-state index contributed by atoms with van der Waals surface area (Å²) in [7, 11) is -1.91. The summed E-state index contributed by atoms with van der Waals surface area (Å²) in [6.07, 6.45) is 2.76. The monoisotopic (exact) mass is 419 g/mol. The van der Waals surface area contributed by atoms with Crippen molar-refractivity contribution >= 4 is 27.3 Å². The van der Waals surface area contributed by atoms with Crippen LogP contribution in [0.25, 0.3) is 0 Å². The normalized spacial score (nSPS) is 17.7. The molecule has 0 bridgehead atoms. The lowest BCUT2D eigenvalue weighted by Gasteiger charge is -2.32. The quantitative estimate of drug-likeness (QED) is 0.781. The maximum atomic E-state index is 13.9. The van der Waals surface area contributed by atoms with E-state index in [2.05, 4.69) is 10.2 Å². The van der Waals surface area contributed by atoms with Crippen LogP contribution < -0.4 is 9.62 Å². The number of anilines is 2.